The molecule has 0 aliphatic carbocycles. The number of likely N-dealkylation sites (N-methyl/N-ethyl adjacent to an activating group) is 1. The van der Waals surface area contributed by atoms with Crippen molar-refractivity contribution in [3.8, 4) is 0 Å². The Hall–Kier alpha value is -1.84. The van der Waals surface area contributed by atoms with E-state index in [-0.39, 0.29) is 18.4 Å². The first-order valence-electron chi connectivity index (χ1n) is 6.65. The maximum absolute atomic E-state index is 12.0. The minimum atomic E-state index is -0.0793. The molecule has 0 atom stereocenters. The van der Waals surface area contributed by atoms with E-state index in [4.69, 9.17) is 0 Å². The summed E-state index contributed by atoms with van der Waals surface area (Å²) in [5.41, 5.74) is 1.03. The fourth-order valence-electron chi connectivity index (χ4n) is 1.92. The Kier molecular flexibility index (Phi) is 6.06. The average Bonchev–Trinajstić information content (AvgIpc) is 2.40. The Morgan fingerprint density at radius 2 is 1.58 bits per heavy atom. The van der Waals surface area contributed by atoms with Crippen LogP contribution in [0.3, 0.4) is 0 Å². The van der Waals surface area contributed by atoms with Crippen LogP contribution in [0.2, 0.25) is 0 Å². The first kappa shape index (κ1) is 15.2. The van der Waals surface area contributed by atoms with Gasteiger partial charge < -0.3 is 9.80 Å². The summed E-state index contributed by atoms with van der Waals surface area (Å²) in [5, 5.41) is 0. The van der Waals surface area contributed by atoms with Crippen molar-refractivity contribution in [2.45, 2.75) is 27.3 Å². The molecule has 4 heteroatoms. The zero-order chi connectivity index (χ0) is 14.3. The molecule has 0 N–H and O–H groups in total. The molecule has 0 aliphatic rings. The van der Waals surface area contributed by atoms with E-state index < -0.39 is 0 Å². The lowest BCUT2D eigenvalue weighted by Crippen LogP contribution is -2.41. The van der Waals surface area contributed by atoms with Crippen LogP contribution in [0, 0.1) is 0 Å². The molecule has 1 aromatic carbocycles. The topological polar surface area (TPSA) is 40.6 Å². The molecule has 0 fully saturated rings. The number of carbonyl (C=O) groups is 2. The first-order chi connectivity index (χ1) is 9.08. The van der Waals surface area contributed by atoms with Gasteiger partial charge in [0.2, 0.25) is 11.8 Å². The third-order valence-electron chi connectivity index (χ3n) is 3.10. The van der Waals surface area contributed by atoms with Crippen molar-refractivity contribution in [1.29, 1.82) is 0 Å². The van der Waals surface area contributed by atoms with Crippen LogP contribution >= 0.6 is 0 Å². The lowest BCUT2D eigenvalue weighted by atomic mass is 10.2. The van der Waals surface area contributed by atoms with Crippen molar-refractivity contribution < 1.29 is 9.59 Å². The average molecular weight is 262 g/mol. The molecule has 1 aromatic rings. The molecule has 1 rings (SSSR count). The van der Waals surface area contributed by atoms with Gasteiger partial charge in [-0.3, -0.25) is 9.59 Å². The molecule has 104 valence electrons. The van der Waals surface area contributed by atoms with Gasteiger partial charge in [-0.05, 0) is 19.4 Å². The van der Waals surface area contributed by atoms with Crippen LogP contribution in [-0.2, 0) is 16.1 Å². The summed E-state index contributed by atoms with van der Waals surface area (Å²) in [6, 6.07) is 9.71. The number of rotatable bonds is 6. The quantitative estimate of drug-likeness (QED) is 0.785. The van der Waals surface area contributed by atoms with Gasteiger partial charge in [0.1, 0.15) is 6.54 Å². The fraction of sp³-hybridized carbons (Fsp3) is 0.467. The van der Waals surface area contributed by atoms with E-state index in [2.05, 4.69) is 0 Å². The molecular weight excluding hydrogens is 240 g/mol. The van der Waals surface area contributed by atoms with Crippen LogP contribution in [-0.4, -0.2) is 41.2 Å². The molecule has 0 saturated carbocycles. The lowest BCUT2D eigenvalue weighted by Gasteiger charge is -2.25. The minimum Gasteiger partial charge on any atom is -0.342 e. The van der Waals surface area contributed by atoms with Crippen molar-refractivity contribution in [2.24, 2.45) is 0 Å². The summed E-state index contributed by atoms with van der Waals surface area (Å²) in [6.45, 7) is 7.35. The second-order valence-electron chi connectivity index (χ2n) is 4.43. The SMILES string of the molecule is CCN(CC)C(=O)CN(Cc1ccccc1)C(C)=O. The summed E-state index contributed by atoms with van der Waals surface area (Å²) < 4.78 is 0. The first-order valence-corrected chi connectivity index (χ1v) is 6.65. The van der Waals surface area contributed by atoms with E-state index in [1.165, 1.54) is 6.92 Å². The minimum absolute atomic E-state index is 0.00358. The van der Waals surface area contributed by atoms with Gasteiger partial charge >= 0.3 is 0 Å². The van der Waals surface area contributed by atoms with Crippen molar-refractivity contribution >= 4 is 11.8 Å². The van der Waals surface area contributed by atoms with Crippen molar-refractivity contribution in [3.63, 3.8) is 0 Å². The van der Waals surface area contributed by atoms with Gasteiger partial charge in [0.25, 0.3) is 0 Å². The zero-order valence-corrected chi connectivity index (χ0v) is 11.9. The molecule has 2 amide bonds. The largest absolute Gasteiger partial charge is 0.342 e. The number of carbonyl (C=O) groups excluding carboxylic acids is 2. The van der Waals surface area contributed by atoms with E-state index in [9.17, 15) is 9.59 Å². The number of amides is 2. The number of hydrogen-bond donors (Lipinski definition) is 0. The lowest BCUT2D eigenvalue weighted by molar-refractivity contribution is -0.139. The summed E-state index contributed by atoms with van der Waals surface area (Å²) in [6.07, 6.45) is 0. The van der Waals surface area contributed by atoms with Gasteiger partial charge in [-0.15, -0.1) is 0 Å². The Morgan fingerprint density at radius 3 is 2.05 bits per heavy atom. The van der Waals surface area contributed by atoms with Crippen LogP contribution in [0.4, 0.5) is 0 Å². The van der Waals surface area contributed by atoms with Gasteiger partial charge in [-0.1, -0.05) is 30.3 Å². The summed E-state index contributed by atoms with van der Waals surface area (Å²) in [4.78, 5) is 27.0. The van der Waals surface area contributed by atoms with Gasteiger partial charge in [0, 0.05) is 26.6 Å². The molecule has 0 saturated heterocycles. The standard InChI is InChI=1S/C15H22N2O2/c1-4-16(5-2)15(19)12-17(13(3)18)11-14-9-7-6-8-10-14/h6-10H,4-5,11-12H2,1-3H3. The van der Waals surface area contributed by atoms with E-state index >= 15 is 0 Å². The molecule has 19 heavy (non-hydrogen) atoms. The molecule has 0 radical (unpaired) electrons. The highest BCUT2D eigenvalue weighted by Gasteiger charge is 2.17. The maximum Gasteiger partial charge on any atom is 0.242 e. The van der Waals surface area contributed by atoms with Crippen LogP contribution in [0.5, 0.6) is 0 Å². The van der Waals surface area contributed by atoms with E-state index in [0.29, 0.717) is 19.6 Å². The van der Waals surface area contributed by atoms with Crippen molar-refractivity contribution in [2.75, 3.05) is 19.6 Å². The monoisotopic (exact) mass is 262 g/mol. The highest BCUT2D eigenvalue weighted by Crippen LogP contribution is 2.05. The normalized spacial score (nSPS) is 10.1. The predicted octanol–water partition coefficient (Wildman–Crippen LogP) is 1.90. The number of nitrogens with zero attached hydrogens (tertiary/aromatic N) is 2. The van der Waals surface area contributed by atoms with Crippen LogP contribution < -0.4 is 0 Å². The van der Waals surface area contributed by atoms with Crippen molar-refractivity contribution in [1.82, 2.24) is 9.80 Å². The second kappa shape index (κ2) is 7.56. The third-order valence-corrected chi connectivity index (χ3v) is 3.10. The van der Waals surface area contributed by atoms with Gasteiger partial charge in [-0.25, -0.2) is 0 Å². The summed E-state index contributed by atoms with van der Waals surface area (Å²) >= 11 is 0. The fourth-order valence-corrected chi connectivity index (χ4v) is 1.92. The van der Waals surface area contributed by atoms with Crippen LogP contribution in [0.1, 0.15) is 26.3 Å². The zero-order valence-electron chi connectivity index (χ0n) is 11.9. The third kappa shape index (κ3) is 4.73. The summed E-state index contributed by atoms with van der Waals surface area (Å²) in [7, 11) is 0. The smallest absolute Gasteiger partial charge is 0.242 e. The van der Waals surface area contributed by atoms with Gasteiger partial charge in [0.15, 0.2) is 0 Å². The number of hydrogen-bond acceptors (Lipinski definition) is 2. The van der Waals surface area contributed by atoms with Crippen LogP contribution in [0.25, 0.3) is 0 Å². The second-order valence-corrected chi connectivity index (χ2v) is 4.43. The molecule has 0 unspecified atom stereocenters. The highest BCUT2D eigenvalue weighted by atomic mass is 16.2. The maximum atomic E-state index is 12.0. The molecular formula is C15H22N2O2. The Morgan fingerprint density at radius 1 is 1.00 bits per heavy atom. The van der Waals surface area contributed by atoms with Gasteiger partial charge in [0.05, 0.1) is 0 Å². The Labute approximate surface area is 115 Å². The number of benzene rings is 1. The highest BCUT2D eigenvalue weighted by molar-refractivity contribution is 5.83. The molecule has 4 nitrogen and oxygen atoms in total. The van der Waals surface area contributed by atoms with Crippen LogP contribution in [0.15, 0.2) is 30.3 Å². The molecule has 0 bridgehead atoms. The molecule has 0 heterocycles. The predicted molar refractivity (Wildman–Crippen MR) is 75.5 cm³/mol. The van der Waals surface area contributed by atoms with E-state index in [1.807, 2.05) is 44.2 Å². The molecule has 0 spiro atoms. The van der Waals surface area contributed by atoms with E-state index in [0.717, 1.165) is 5.56 Å². The Bertz CT molecular complexity index is 413. The van der Waals surface area contributed by atoms with E-state index in [1.54, 1.807) is 9.80 Å². The van der Waals surface area contributed by atoms with Crippen molar-refractivity contribution in [3.05, 3.63) is 35.9 Å². The summed E-state index contributed by atoms with van der Waals surface area (Å²) in [5.74, 6) is -0.0829. The molecule has 0 aromatic heterocycles. The Balaban J connectivity index is 2.69. The molecule has 0 aliphatic heterocycles. The van der Waals surface area contributed by atoms with Gasteiger partial charge in [-0.2, -0.15) is 0 Å².